The molecule has 1 unspecified atom stereocenters. The van der Waals surface area contributed by atoms with Crippen LogP contribution in [0.1, 0.15) is 87.9 Å². The van der Waals surface area contributed by atoms with Gasteiger partial charge in [-0.05, 0) is 41.4 Å². The topological polar surface area (TPSA) is 69.1 Å². The lowest BCUT2D eigenvalue weighted by Gasteiger charge is -2.21. The average Bonchev–Trinajstić information content (AvgIpc) is 2.42. The van der Waals surface area contributed by atoms with Gasteiger partial charge in [-0.3, -0.25) is 4.79 Å². The fourth-order valence-electron chi connectivity index (χ4n) is 2.61. The van der Waals surface area contributed by atoms with Crippen molar-refractivity contribution >= 4 is 5.91 Å². The van der Waals surface area contributed by atoms with Crippen molar-refractivity contribution in [1.82, 2.24) is 0 Å². The molecule has 0 aromatic heterocycles. The van der Waals surface area contributed by atoms with Crippen LogP contribution in [0.5, 0.6) is 0 Å². The van der Waals surface area contributed by atoms with Gasteiger partial charge >= 0.3 is 0 Å². The summed E-state index contributed by atoms with van der Waals surface area (Å²) < 4.78 is 0. The van der Waals surface area contributed by atoms with Crippen molar-refractivity contribution in [3.63, 3.8) is 0 Å². The van der Waals surface area contributed by atoms with Gasteiger partial charge in [0, 0.05) is 12.5 Å². The van der Waals surface area contributed by atoms with E-state index < -0.39 is 0 Å². The van der Waals surface area contributed by atoms with Gasteiger partial charge in [0.05, 0.1) is 0 Å². The van der Waals surface area contributed by atoms with Crippen molar-refractivity contribution in [2.45, 2.75) is 71.3 Å². The molecule has 0 heterocycles. The molecule has 1 aromatic rings. The van der Waals surface area contributed by atoms with Crippen LogP contribution >= 0.6 is 0 Å². The van der Waals surface area contributed by atoms with E-state index in [4.69, 9.17) is 11.5 Å². The first-order valence-corrected chi connectivity index (χ1v) is 8.00. The third kappa shape index (κ3) is 5.50. The Morgan fingerprint density at radius 3 is 2.24 bits per heavy atom. The van der Waals surface area contributed by atoms with Gasteiger partial charge in [-0.2, -0.15) is 0 Å². The molecule has 0 radical (unpaired) electrons. The molecule has 1 atom stereocenters. The summed E-state index contributed by atoms with van der Waals surface area (Å²) in [7, 11) is 0. The number of primary amides is 1. The summed E-state index contributed by atoms with van der Waals surface area (Å²) in [6.07, 6.45) is 3.11. The van der Waals surface area contributed by atoms with E-state index in [-0.39, 0.29) is 11.9 Å². The molecule has 0 bridgehead atoms. The molecule has 0 saturated carbocycles. The van der Waals surface area contributed by atoms with Crippen LogP contribution in [0.25, 0.3) is 0 Å². The molecule has 0 aliphatic heterocycles. The van der Waals surface area contributed by atoms with Crippen molar-refractivity contribution in [2.24, 2.45) is 11.5 Å². The molecule has 4 N–H and O–H groups in total. The number of hydrogen-bond acceptors (Lipinski definition) is 2. The molecule has 1 amide bonds. The zero-order valence-electron chi connectivity index (χ0n) is 13.9. The third-order valence-electron chi connectivity index (χ3n) is 3.99. The number of unbranched alkanes of at least 4 members (excludes halogenated alkanes) is 1. The minimum Gasteiger partial charge on any atom is -0.370 e. The summed E-state index contributed by atoms with van der Waals surface area (Å²) in [6, 6.07) is 6.71. The van der Waals surface area contributed by atoms with E-state index in [1.54, 1.807) is 0 Å². The maximum Gasteiger partial charge on any atom is 0.217 e. The zero-order valence-corrected chi connectivity index (χ0v) is 13.9. The number of amides is 1. The number of carbonyl (C=O) groups excluding carboxylic acids is 1. The number of carbonyl (C=O) groups is 1. The van der Waals surface area contributed by atoms with Gasteiger partial charge in [0.15, 0.2) is 0 Å². The molecule has 3 heteroatoms. The molecule has 0 spiro atoms. The fraction of sp³-hybridized carbons (Fsp3) is 0.611. The van der Waals surface area contributed by atoms with Gasteiger partial charge in [-0.15, -0.1) is 0 Å². The van der Waals surface area contributed by atoms with E-state index >= 15 is 0 Å². The normalized spacial score (nSPS) is 12.9. The lowest BCUT2D eigenvalue weighted by atomic mass is 9.87. The SMILES string of the molecule is CC(C)c1ccc(C(N)CCCCC(N)=O)c(C(C)C)c1. The lowest BCUT2D eigenvalue weighted by Crippen LogP contribution is -2.15. The highest BCUT2D eigenvalue weighted by molar-refractivity contribution is 5.73. The quantitative estimate of drug-likeness (QED) is 0.711. The highest BCUT2D eigenvalue weighted by Gasteiger charge is 2.15. The Kier molecular flexibility index (Phi) is 6.90. The second kappa shape index (κ2) is 8.18. The Balaban J connectivity index is 2.78. The lowest BCUT2D eigenvalue weighted by molar-refractivity contribution is -0.118. The Hall–Kier alpha value is -1.35. The molecule has 0 aliphatic carbocycles. The molecule has 3 nitrogen and oxygen atoms in total. The summed E-state index contributed by atoms with van der Waals surface area (Å²) in [5.74, 6) is 0.770. The number of benzene rings is 1. The van der Waals surface area contributed by atoms with Crippen molar-refractivity contribution in [3.05, 3.63) is 34.9 Å². The van der Waals surface area contributed by atoms with E-state index in [1.807, 2.05) is 0 Å². The van der Waals surface area contributed by atoms with Crippen LogP contribution in [0.4, 0.5) is 0 Å². The predicted octanol–water partition coefficient (Wildman–Crippen LogP) is 3.98. The highest BCUT2D eigenvalue weighted by Crippen LogP contribution is 2.29. The van der Waals surface area contributed by atoms with E-state index in [0.29, 0.717) is 18.3 Å². The molecular weight excluding hydrogens is 260 g/mol. The van der Waals surface area contributed by atoms with Gasteiger partial charge in [0.1, 0.15) is 0 Å². The molecule has 0 fully saturated rings. The van der Waals surface area contributed by atoms with Crippen LogP contribution in [0.3, 0.4) is 0 Å². The Morgan fingerprint density at radius 1 is 1.05 bits per heavy atom. The van der Waals surface area contributed by atoms with Crippen molar-refractivity contribution in [1.29, 1.82) is 0 Å². The van der Waals surface area contributed by atoms with Crippen LogP contribution in [0.2, 0.25) is 0 Å². The van der Waals surface area contributed by atoms with Gasteiger partial charge < -0.3 is 11.5 Å². The van der Waals surface area contributed by atoms with Crippen molar-refractivity contribution in [3.8, 4) is 0 Å². The minimum absolute atomic E-state index is 0.0384. The van der Waals surface area contributed by atoms with Crippen LogP contribution in [-0.4, -0.2) is 5.91 Å². The maximum atomic E-state index is 10.7. The van der Waals surface area contributed by atoms with Crippen LogP contribution < -0.4 is 11.5 Å². The third-order valence-corrected chi connectivity index (χ3v) is 3.99. The number of rotatable bonds is 8. The van der Waals surface area contributed by atoms with Gasteiger partial charge in [-0.25, -0.2) is 0 Å². The molecule has 0 saturated heterocycles. The monoisotopic (exact) mass is 290 g/mol. The summed E-state index contributed by atoms with van der Waals surface area (Å²) in [6.45, 7) is 8.84. The molecule has 1 rings (SSSR count). The Morgan fingerprint density at radius 2 is 1.71 bits per heavy atom. The van der Waals surface area contributed by atoms with Gasteiger partial charge in [0.2, 0.25) is 5.91 Å². The standard InChI is InChI=1S/C18H30N2O/c1-12(2)14-9-10-15(16(11-14)13(3)4)17(19)7-5-6-8-18(20)21/h9-13,17H,5-8,19H2,1-4H3,(H2,20,21). The summed E-state index contributed by atoms with van der Waals surface area (Å²) in [4.78, 5) is 10.7. The smallest absolute Gasteiger partial charge is 0.217 e. The summed E-state index contributed by atoms with van der Waals surface area (Å²) >= 11 is 0. The number of nitrogens with two attached hydrogens (primary N) is 2. The van der Waals surface area contributed by atoms with Gasteiger partial charge in [-0.1, -0.05) is 52.3 Å². The van der Waals surface area contributed by atoms with E-state index in [0.717, 1.165) is 19.3 Å². The van der Waals surface area contributed by atoms with Crippen LogP contribution in [-0.2, 0) is 4.79 Å². The van der Waals surface area contributed by atoms with E-state index in [9.17, 15) is 4.79 Å². The Bertz CT molecular complexity index is 466. The molecule has 1 aromatic carbocycles. The van der Waals surface area contributed by atoms with E-state index in [1.165, 1.54) is 16.7 Å². The zero-order chi connectivity index (χ0) is 16.0. The highest BCUT2D eigenvalue weighted by atomic mass is 16.1. The summed E-state index contributed by atoms with van der Waals surface area (Å²) in [5.41, 5.74) is 15.5. The maximum absolute atomic E-state index is 10.7. The molecule has 0 aliphatic rings. The second-order valence-electron chi connectivity index (χ2n) is 6.52. The predicted molar refractivity (Wildman–Crippen MR) is 89.2 cm³/mol. The van der Waals surface area contributed by atoms with Crippen LogP contribution in [0, 0.1) is 0 Å². The second-order valence-corrected chi connectivity index (χ2v) is 6.52. The molecule has 118 valence electrons. The first-order chi connectivity index (χ1) is 9.82. The average molecular weight is 290 g/mol. The Labute approximate surface area is 129 Å². The van der Waals surface area contributed by atoms with Crippen molar-refractivity contribution < 1.29 is 4.79 Å². The van der Waals surface area contributed by atoms with Gasteiger partial charge in [0.25, 0.3) is 0 Å². The fourth-order valence-corrected chi connectivity index (χ4v) is 2.61. The minimum atomic E-state index is -0.229. The molecule has 21 heavy (non-hydrogen) atoms. The number of hydrogen-bond donors (Lipinski definition) is 2. The van der Waals surface area contributed by atoms with Crippen LogP contribution in [0.15, 0.2) is 18.2 Å². The summed E-state index contributed by atoms with van der Waals surface area (Å²) in [5, 5.41) is 0. The van der Waals surface area contributed by atoms with E-state index in [2.05, 4.69) is 45.9 Å². The molecular formula is C18H30N2O. The first kappa shape index (κ1) is 17.7. The first-order valence-electron chi connectivity index (χ1n) is 8.00. The largest absolute Gasteiger partial charge is 0.370 e. The van der Waals surface area contributed by atoms with Crippen molar-refractivity contribution in [2.75, 3.05) is 0 Å².